The second kappa shape index (κ2) is 14.5. The molecule has 10 heteroatoms. The summed E-state index contributed by atoms with van der Waals surface area (Å²) in [6.07, 6.45) is 1.09. The van der Waals surface area contributed by atoms with Crippen LogP contribution >= 0.6 is 0 Å². The monoisotopic (exact) mass is 581 g/mol. The molecule has 0 bridgehead atoms. The normalized spacial score (nSPS) is 11.8. The van der Waals surface area contributed by atoms with E-state index in [-0.39, 0.29) is 23.0 Å². The highest BCUT2D eigenvalue weighted by molar-refractivity contribution is 7.92. The SMILES string of the molecule is CCCNC(=O)[C@H](CC)N(Cc1ccc(OC)cc1)C(=O)CN(c1cccc(OC)c1)S(=O)(=O)c1ccc(C)cc1. The lowest BCUT2D eigenvalue weighted by Gasteiger charge is -2.33. The zero-order chi connectivity index (χ0) is 30.0. The van der Waals surface area contributed by atoms with Gasteiger partial charge in [-0.2, -0.15) is 0 Å². The summed E-state index contributed by atoms with van der Waals surface area (Å²) in [6, 6.07) is 19.4. The van der Waals surface area contributed by atoms with Gasteiger partial charge in [0.15, 0.2) is 0 Å². The van der Waals surface area contributed by atoms with E-state index in [1.165, 1.54) is 24.1 Å². The van der Waals surface area contributed by atoms with E-state index in [1.807, 2.05) is 32.9 Å². The van der Waals surface area contributed by atoms with Crippen molar-refractivity contribution in [2.45, 2.75) is 51.1 Å². The molecule has 0 aliphatic rings. The zero-order valence-corrected chi connectivity index (χ0v) is 25.1. The number of benzene rings is 3. The van der Waals surface area contributed by atoms with Crippen LogP contribution in [-0.4, -0.2) is 58.5 Å². The largest absolute Gasteiger partial charge is 0.497 e. The fraction of sp³-hybridized carbons (Fsp3) is 0.355. The number of rotatable bonds is 14. The van der Waals surface area contributed by atoms with Crippen LogP contribution in [0.15, 0.2) is 77.7 Å². The van der Waals surface area contributed by atoms with Crippen LogP contribution in [0.3, 0.4) is 0 Å². The molecule has 0 aromatic heterocycles. The molecule has 0 aliphatic carbocycles. The topological polar surface area (TPSA) is 105 Å². The molecule has 0 heterocycles. The Morgan fingerprint density at radius 1 is 0.902 bits per heavy atom. The van der Waals surface area contributed by atoms with Gasteiger partial charge in [0, 0.05) is 19.2 Å². The number of amides is 2. The van der Waals surface area contributed by atoms with Crippen molar-refractivity contribution in [1.82, 2.24) is 10.2 Å². The molecule has 0 fully saturated rings. The first-order valence-electron chi connectivity index (χ1n) is 13.6. The van der Waals surface area contributed by atoms with Crippen molar-refractivity contribution in [3.05, 3.63) is 83.9 Å². The second-order valence-electron chi connectivity index (χ2n) is 9.61. The van der Waals surface area contributed by atoms with E-state index in [0.29, 0.717) is 24.5 Å². The van der Waals surface area contributed by atoms with Gasteiger partial charge in [-0.15, -0.1) is 0 Å². The zero-order valence-electron chi connectivity index (χ0n) is 24.3. The van der Waals surface area contributed by atoms with Gasteiger partial charge in [0.25, 0.3) is 10.0 Å². The van der Waals surface area contributed by atoms with E-state index < -0.39 is 28.5 Å². The summed E-state index contributed by atoms with van der Waals surface area (Å²) in [5.74, 6) is 0.302. The summed E-state index contributed by atoms with van der Waals surface area (Å²) in [5, 5.41) is 2.88. The van der Waals surface area contributed by atoms with Crippen LogP contribution in [0.5, 0.6) is 11.5 Å². The number of methoxy groups -OCH3 is 2. The highest BCUT2D eigenvalue weighted by atomic mass is 32.2. The smallest absolute Gasteiger partial charge is 0.264 e. The number of carbonyl (C=O) groups excluding carboxylic acids is 2. The summed E-state index contributed by atoms with van der Waals surface area (Å²) in [7, 11) is -1.11. The molecular formula is C31H39N3O6S. The third-order valence-electron chi connectivity index (χ3n) is 6.68. The Morgan fingerprint density at radius 3 is 2.15 bits per heavy atom. The first-order chi connectivity index (χ1) is 19.6. The van der Waals surface area contributed by atoms with Crippen LogP contribution < -0.4 is 19.1 Å². The number of aryl methyl sites for hydroxylation is 1. The number of hydrogen-bond donors (Lipinski definition) is 1. The molecule has 0 aliphatic heterocycles. The van der Waals surface area contributed by atoms with Gasteiger partial charge in [0.1, 0.15) is 24.1 Å². The van der Waals surface area contributed by atoms with Crippen LogP contribution in [0.25, 0.3) is 0 Å². The predicted octanol–water partition coefficient (Wildman–Crippen LogP) is 4.54. The third kappa shape index (κ3) is 8.00. The maximum Gasteiger partial charge on any atom is 0.264 e. The lowest BCUT2D eigenvalue weighted by Crippen LogP contribution is -2.52. The van der Waals surface area contributed by atoms with Crippen LogP contribution in [0.1, 0.15) is 37.8 Å². The highest BCUT2D eigenvalue weighted by Gasteiger charge is 2.33. The molecule has 3 aromatic rings. The minimum atomic E-state index is -4.16. The van der Waals surface area contributed by atoms with E-state index >= 15 is 0 Å². The molecule has 2 amide bonds. The van der Waals surface area contributed by atoms with Gasteiger partial charge in [-0.25, -0.2) is 8.42 Å². The van der Waals surface area contributed by atoms with E-state index in [4.69, 9.17) is 9.47 Å². The molecule has 3 aromatic carbocycles. The van der Waals surface area contributed by atoms with Gasteiger partial charge in [0.2, 0.25) is 11.8 Å². The first-order valence-corrected chi connectivity index (χ1v) is 15.0. The Morgan fingerprint density at radius 2 is 1.56 bits per heavy atom. The summed E-state index contributed by atoms with van der Waals surface area (Å²) in [4.78, 5) is 28.8. The first kappa shape index (κ1) is 31.5. The number of nitrogens with one attached hydrogen (secondary N) is 1. The molecule has 0 saturated carbocycles. The van der Waals surface area contributed by atoms with E-state index in [1.54, 1.807) is 55.6 Å². The average Bonchev–Trinajstić information content (AvgIpc) is 2.99. The minimum absolute atomic E-state index is 0.0492. The Balaban J connectivity index is 2.06. The Kier molecular flexibility index (Phi) is 11.2. The van der Waals surface area contributed by atoms with Crippen molar-refractivity contribution >= 4 is 27.5 Å². The number of ether oxygens (including phenoxy) is 2. The summed E-state index contributed by atoms with van der Waals surface area (Å²) in [6.45, 7) is 5.70. The third-order valence-corrected chi connectivity index (χ3v) is 8.46. The summed E-state index contributed by atoms with van der Waals surface area (Å²) >= 11 is 0. The van der Waals surface area contributed by atoms with Crippen molar-refractivity contribution in [2.24, 2.45) is 0 Å². The fourth-order valence-electron chi connectivity index (χ4n) is 4.34. The molecule has 1 N–H and O–H groups in total. The maximum absolute atomic E-state index is 14.1. The van der Waals surface area contributed by atoms with Crippen molar-refractivity contribution in [1.29, 1.82) is 0 Å². The van der Waals surface area contributed by atoms with Crippen LogP contribution in [0.4, 0.5) is 5.69 Å². The second-order valence-corrected chi connectivity index (χ2v) is 11.5. The lowest BCUT2D eigenvalue weighted by atomic mass is 10.1. The Labute approximate surface area is 243 Å². The molecular weight excluding hydrogens is 542 g/mol. The van der Waals surface area contributed by atoms with Crippen molar-refractivity contribution < 1.29 is 27.5 Å². The molecule has 0 radical (unpaired) electrons. The van der Waals surface area contributed by atoms with Gasteiger partial charge in [-0.1, -0.05) is 49.7 Å². The predicted molar refractivity (Wildman–Crippen MR) is 160 cm³/mol. The van der Waals surface area contributed by atoms with Crippen molar-refractivity contribution in [3.8, 4) is 11.5 Å². The molecule has 0 spiro atoms. The Bertz CT molecular complexity index is 1410. The molecule has 41 heavy (non-hydrogen) atoms. The van der Waals surface area contributed by atoms with E-state index in [0.717, 1.165) is 21.9 Å². The summed E-state index contributed by atoms with van der Waals surface area (Å²) < 4.78 is 39.6. The van der Waals surface area contributed by atoms with Crippen LogP contribution in [0.2, 0.25) is 0 Å². The van der Waals surface area contributed by atoms with E-state index in [2.05, 4.69) is 5.32 Å². The minimum Gasteiger partial charge on any atom is -0.497 e. The standard InChI is InChI=1S/C31H39N3O6S/c1-6-19-32-31(36)29(7-2)33(21-24-13-15-26(39-4)16-14-24)30(35)22-34(25-9-8-10-27(20-25)40-5)41(37,38)28-17-11-23(3)12-18-28/h8-18,20,29H,6-7,19,21-22H2,1-5H3,(H,32,36)/t29-/m0/s1. The molecule has 1 atom stereocenters. The van der Waals surface area contributed by atoms with Gasteiger partial charge in [-0.3, -0.25) is 13.9 Å². The van der Waals surface area contributed by atoms with Gasteiger partial charge in [-0.05, 0) is 61.7 Å². The van der Waals surface area contributed by atoms with Crippen LogP contribution in [-0.2, 0) is 26.2 Å². The Hall–Kier alpha value is -4.05. The van der Waals surface area contributed by atoms with E-state index in [9.17, 15) is 18.0 Å². The maximum atomic E-state index is 14.1. The molecule has 9 nitrogen and oxygen atoms in total. The number of sulfonamides is 1. The number of anilines is 1. The fourth-order valence-corrected chi connectivity index (χ4v) is 5.75. The lowest BCUT2D eigenvalue weighted by molar-refractivity contribution is -0.140. The highest BCUT2D eigenvalue weighted by Crippen LogP contribution is 2.28. The van der Waals surface area contributed by atoms with Gasteiger partial charge >= 0.3 is 0 Å². The van der Waals surface area contributed by atoms with Gasteiger partial charge < -0.3 is 19.7 Å². The number of hydrogen-bond acceptors (Lipinski definition) is 6. The van der Waals surface area contributed by atoms with Crippen LogP contribution in [0, 0.1) is 6.92 Å². The molecule has 3 rings (SSSR count). The molecule has 220 valence electrons. The van der Waals surface area contributed by atoms with Crippen molar-refractivity contribution in [3.63, 3.8) is 0 Å². The number of carbonyl (C=O) groups is 2. The molecule has 0 unspecified atom stereocenters. The summed E-state index contributed by atoms with van der Waals surface area (Å²) in [5.41, 5.74) is 1.95. The quantitative estimate of drug-likeness (QED) is 0.300. The van der Waals surface area contributed by atoms with Crippen molar-refractivity contribution in [2.75, 3.05) is 31.6 Å². The average molecular weight is 582 g/mol. The van der Waals surface area contributed by atoms with Gasteiger partial charge in [0.05, 0.1) is 24.8 Å². The number of nitrogens with zero attached hydrogens (tertiary/aromatic N) is 2. The molecule has 0 saturated heterocycles.